The smallest absolute Gasteiger partial charge is 0.0323 e. The Kier molecular flexibility index (Phi) is 5.20. The average Bonchev–Trinajstić information content (AvgIpc) is 2.35. The average molecular weight is 233 g/mol. The van der Waals surface area contributed by atoms with E-state index in [4.69, 9.17) is 5.73 Å². The lowest BCUT2D eigenvalue weighted by Crippen LogP contribution is -2.23. The molecular weight excluding hydrogens is 206 g/mol. The van der Waals surface area contributed by atoms with Crippen LogP contribution in [-0.2, 0) is 12.8 Å². The van der Waals surface area contributed by atoms with Gasteiger partial charge in [0.25, 0.3) is 0 Å². The molecule has 1 rings (SSSR count). The van der Waals surface area contributed by atoms with Crippen molar-refractivity contribution in [3.63, 3.8) is 0 Å². The zero-order valence-electron chi connectivity index (χ0n) is 12.0. The van der Waals surface area contributed by atoms with Gasteiger partial charge in [-0.05, 0) is 41.4 Å². The van der Waals surface area contributed by atoms with Gasteiger partial charge in [-0.1, -0.05) is 52.8 Å². The van der Waals surface area contributed by atoms with E-state index in [0.29, 0.717) is 11.8 Å². The molecule has 96 valence electrons. The number of hydrogen-bond acceptors (Lipinski definition) is 1. The topological polar surface area (TPSA) is 26.0 Å². The lowest BCUT2D eigenvalue weighted by Gasteiger charge is -2.24. The van der Waals surface area contributed by atoms with Crippen molar-refractivity contribution in [3.8, 4) is 0 Å². The molecule has 0 aliphatic carbocycles. The predicted molar refractivity (Wildman–Crippen MR) is 76.1 cm³/mol. The highest BCUT2D eigenvalue weighted by Crippen LogP contribution is 2.27. The van der Waals surface area contributed by atoms with Crippen LogP contribution < -0.4 is 5.73 Å². The lowest BCUT2D eigenvalue weighted by atomic mass is 9.85. The highest BCUT2D eigenvalue weighted by atomic mass is 14.6. The molecular formula is C16H27N. The van der Waals surface area contributed by atoms with E-state index in [-0.39, 0.29) is 6.04 Å². The quantitative estimate of drug-likeness (QED) is 0.814. The van der Waals surface area contributed by atoms with Crippen LogP contribution in [0.4, 0.5) is 0 Å². The number of benzene rings is 1. The fourth-order valence-electron chi connectivity index (χ4n) is 2.25. The fourth-order valence-corrected chi connectivity index (χ4v) is 2.25. The molecule has 0 radical (unpaired) electrons. The van der Waals surface area contributed by atoms with Crippen molar-refractivity contribution >= 4 is 0 Å². The summed E-state index contributed by atoms with van der Waals surface area (Å²) in [4.78, 5) is 0. The number of nitrogens with two attached hydrogens (primary N) is 1. The van der Waals surface area contributed by atoms with E-state index < -0.39 is 0 Å². The van der Waals surface area contributed by atoms with Gasteiger partial charge in [-0.15, -0.1) is 0 Å². The molecule has 2 atom stereocenters. The van der Waals surface area contributed by atoms with Crippen molar-refractivity contribution in [2.75, 3.05) is 0 Å². The molecule has 0 aliphatic rings. The summed E-state index contributed by atoms with van der Waals surface area (Å²) >= 11 is 0. The molecule has 0 fully saturated rings. The van der Waals surface area contributed by atoms with E-state index in [1.54, 1.807) is 0 Å². The maximum absolute atomic E-state index is 6.35. The van der Waals surface area contributed by atoms with Gasteiger partial charge >= 0.3 is 0 Å². The van der Waals surface area contributed by atoms with Gasteiger partial charge in [-0.25, -0.2) is 0 Å². The van der Waals surface area contributed by atoms with Gasteiger partial charge in [-0.3, -0.25) is 0 Å². The lowest BCUT2D eigenvalue weighted by molar-refractivity contribution is 0.352. The minimum atomic E-state index is 0.159. The molecule has 0 heterocycles. The third-order valence-corrected chi connectivity index (χ3v) is 4.00. The van der Waals surface area contributed by atoms with Crippen LogP contribution in [0.15, 0.2) is 18.2 Å². The Morgan fingerprint density at radius 3 is 2.06 bits per heavy atom. The summed E-state index contributed by atoms with van der Waals surface area (Å²) in [6, 6.07) is 6.93. The Bertz CT molecular complexity index is 355. The van der Waals surface area contributed by atoms with Crippen molar-refractivity contribution in [2.24, 2.45) is 17.6 Å². The molecule has 17 heavy (non-hydrogen) atoms. The summed E-state index contributed by atoms with van der Waals surface area (Å²) in [5.41, 5.74) is 10.6. The number of aryl methyl sites for hydroxylation is 2. The van der Waals surface area contributed by atoms with E-state index in [2.05, 4.69) is 52.8 Å². The highest BCUT2D eigenvalue weighted by molar-refractivity contribution is 5.34. The molecule has 2 unspecified atom stereocenters. The molecule has 1 heteroatoms. The first-order valence-electron chi connectivity index (χ1n) is 6.88. The third-order valence-electron chi connectivity index (χ3n) is 4.00. The van der Waals surface area contributed by atoms with Crippen molar-refractivity contribution in [3.05, 3.63) is 34.9 Å². The van der Waals surface area contributed by atoms with Crippen LogP contribution in [0.5, 0.6) is 0 Å². The zero-order chi connectivity index (χ0) is 13.0. The second-order valence-corrected chi connectivity index (χ2v) is 5.36. The SMILES string of the molecule is CCc1ccc(C(N)C(C)C(C)C)cc1CC. The highest BCUT2D eigenvalue weighted by Gasteiger charge is 2.18. The minimum Gasteiger partial charge on any atom is -0.324 e. The zero-order valence-corrected chi connectivity index (χ0v) is 12.0. The first-order valence-corrected chi connectivity index (χ1v) is 6.88. The van der Waals surface area contributed by atoms with Gasteiger partial charge in [0.2, 0.25) is 0 Å². The molecule has 1 nitrogen and oxygen atoms in total. The Balaban J connectivity index is 2.99. The summed E-state index contributed by atoms with van der Waals surface area (Å²) in [5, 5.41) is 0. The van der Waals surface area contributed by atoms with E-state index >= 15 is 0 Å². The number of rotatable bonds is 5. The van der Waals surface area contributed by atoms with E-state index in [1.807, 2.05) is 0 Å². The largest absolute Gasteiger partial charge is 0.324 e. The van der Waals surface area contributed by atoms with Gasteiger partial charge < -0.3 is 5.73 Å². The minimum absolute atomic E-state index is 0.159. The Morgan fingerprint density at radius 1 is 1.00 bits per heavy atom. The summed E-state index contributed by atoms with van der Waals surface area (Å²) in [6.45, 7) is 11.2. The molecule has 0 saturated heterocycles. The standard InChI is InChI=1S/C16H27N/c1-6-13-8-9-15(10-14(13)7-2)16(17)12(5)11(3)4/h8-12,16H,6-7,17H2,1-5H3. The molecule has 0 aromatic heterocycles. The normalized spacial score (nSPS) is 15.0. The van der Waals surface area contributed by atoms with Crippen LogP contribution in [0.3, 0.4) is 0 Å². The first kappa shape index (κ1) is 14.2. The van der Waals surface area contributed by atoms with Gasteiger partial charge in [0, 0.05) is 6.04 Å². The molecule has 0 bridgehead atoms. The van der Waals surface area contributed by atoms with Crippen molar-refractivity contribution in [1.29, 1.82) is 0 Å². The maximum atomic E-state index is 6.35. The van der Waals surface area contributed by atoms with Crippen LogP contribution in [0, 0.1) is 11.8 Å². The van der Waals surface area contributed by atoms with Crippen molar-refractivity contribution < 1.29 is 0 Å². The monoisotopic (exact) mass is 233 g/mol. The Morgan fingerprint density at radius 2 is 1.59 bits per heavy atom. The molecule has 0 amide bonds. The number of hydrogen-bond donors (Lipinski definition) is 1. The van der Waals surface area contributed by atoms with E-state index in [1.165, 1.54) is 16.7 Å². The van der Waals surface area contributed by atoms with Gasteiger partial charge in [0.1, 0.15) is 0 Å². The van der Waals surface area contributed by atoms with Gasteiger partial charge in [0.05, 0.1) is 0 Å². The molecule has 0 aliphatic heterocycles. The summed E-state index contributed by atoms with van der Waals surface area (Å²) in [6.07, 6.45) is 2.21. The first-order chi connectivity index (χ1) is 8.01. The third kappa shape index (κ3) is 3.32. The Hall–Kier alpha value is -0.820. The second-order valence-electron chi connectivity index (χ2n) is 5.36. The van der Waals surface area contributed by atoms with E-state index in [0.717, 1.165) is 12.8 Å². The summed E-state index contributed by atoms with van der Waals surface area (Å²) < 4.78 is 0. The molecule has 0 saturated carbocycles. The van der Waals surface area contributed by atoms with Crippen molar-refractivity contribution in [2.45, 2.75) is 53.5 Å². The van der Waals surface area contributed by atoms with Crippen LogP contribution >= 0.6 is 0 Å². The summed E-state index contributed by atoms with van der Waals surface area (Å²) in [7, 11) is 0. The van der Waals surface area contributed by atoms with Gasteiger partial charge in [0.15, 0.2) is 0 Å². The predicted octanol–water partition coefficient (Wildman–Crippen LogP) is 4.10. The van der Waals surface area contributed by atoms with E-state index in [9.17, 15) is 0 Å². The summed E-state index contributed by atoms with van der Waals surface area (Å²) in [5.74, 6) is 1.15. The molecule has 0 spiro atoms. The van der Waals surface area contributed by atoms with Crippen molar-refractivity contribution in [1.82, 2.24) is 0 Å². The van der Waals surface area contributed by atoms with Crippen LogP contribution in [0.2, 0.25) is 0 Å². The van der Waals surface area contributed by atoms with Gasteiger partial charge in [-0.2, -0.15) is 0 Å². The molecule has 1 aromatic rings. The van der Waals surface area contributed by atoms with Crippen LogP contribution in [-0.4, -0.2) is 0 Å². The Labute approximate surface area is 106 Å². The van der Waals surface area contributed by atoms with Crippen LogP contribution in [0.1, 0.15) is 57.4 Å². The maximum Gasteiger partial charge on any atom is 0.0323 e. The van der Waals surface area contributed by atoms with Crippen LogP contribution in [0.25, 0.3) is 0 Å². The molecule has 1 aromatic carbocycles. The second kappa shape index (κ2) is 6.20. The fraction of sp³-hybridized carbons (Fsp3) is 0.625. The molecule has 2 N–H and O–H groups in total.